The third-order valence-corrected chi connectivity index (χ3v) is 4.42. The van der Waals surface area contributed by atoms with E-state index in [2.05, 4.69) is 5.32 Å². The Morgan fingerprint density at radius 2 is 1.71 bits per heavy atom. The molecule has 2 aromatic rings. The average molecular weight is 280 g/mol. The number of nitrogens with one attached hydrogen (secondary N) is 1. The van der Waals surface area contributed by atoms with Gasteiger partial charge in [0.25, 0.3) is 11.8 Å². The molecule has 2 amide bonds. The zero-order valence-corrected chi connectivity index (χ0v) is 11.6. The summed E-state index contributed by atoms with van der Waals surface area (Å²) in [5.41, 5.74) is 1.28. The van der Waals surface area contributed by atoms with Gasteiger partial charge in [-0.1, -0.05) is 24.3 Å². The molecule has 1 saturated heterocycles. The number of carbonyl (C=O) groups is 2. The van der Waals surface area contributed by atoms with E-state index in [1.807, 2.05) is 36.4 Å². The first-order valence-electron chi connectivity index (χ1n) is 7.37. The van der Waals surface area contributed by atoms with Crippen LogP contribution in [0, 0.1) is 0 Å². The zero-order valence-electron chi connectivity index (χ0n) is 11.6. The summed E-state index contributed by atoms with van der Waals surface area (Å²) in [6, 6.07) is 11.5. The molecule has 0 bridgehead atoms. The Morgan fingerprint density at radius 3 is 2.29 bits per heavy atom. The first-order valence-corrected chi connectivity index (χ1v) is 7.37. The molecule has 2 aromatic carbocycles. The zero-order chi connectivity index (χ0) is 14.4. The van der Waals surface area contributed by atoms with E-state index >= 15 is 0 Å². The van der Waals surface area contributed by atoms with E-state index < -0.39 is 0 Å². The van der Waals surface area contributed by atoms with Crippen molar-refractivity contribution in [2.24, 2.45) is 0 Å². The normalized spacial score (nSPS) is 21.3. The summed E-state index contributed by atoms with van der Waals surface area (Å²) in [6.45, 7) is 1.43. The molecule has 2 heterocycles. The molecule has 0 saturated carbocycles. The first-order chi connectivity index (χ1) is 10.3. The van der Waals surface area contributed by atoms with Gasteiger partial charge >= 0.3 is 0 Å². The summed E-state index contributed by atoms with van der Waals surface area (Å²) in [7, 11) is 0. The number of hydrogen-bond acceptors (Lipinski definition) is 3. The molecule has 0 aromatic heterocycles. The molecule has 4 heteroatoms. The number of nitrogens with zero attached hydrogens (tertiary/aromatic N) is 1. The average Bonchev–Trinajstić information content (AvgIpc) is 3.02. The number of amides is 2. The SMILES string of the molecule is O=C1c2cccc3cccc(c23)C(=O)N1C[C@@H]1CCCN1. The van der Waals surface area contributed by atoms with Gasteiger partial charge in [0.2, 0.25) is 0 Å². The van der Waals surface area contributed by atoms with Crippen molar-refractivity contribution >= 4 is 22.6 Å². The highest BCUT2D eigenvalue weighted by atomic mass is 16.2. The van der Waals surface area contributed by atoms with Crippen LogP contribution < -0.4 is 5.32 Å². The molecule has 1 N–H and O–H groups in total. The second-order valence-electron chi connectivity index (χ2n) is 5.72. The van der Waals surface area contributed by atoms with Crippen molar-refractivity contribution < 1.29 is 9.59 Å². The Balaban J connectivity index is 1.81. The number of benzene rings is 2. The Bertz CT molecular complexity index is 697. The summed E-state index contributed by atoms with van der Waals surface area (Å²) >= 11 is 0. The molecular weight excluding hydrogens is 264 g/mol. The molecule has 2 aliphatic rings. The van der Waals surface area contributed by atoms with E-state index in [1.165, 1.54) is 4.90 Å². The molecule has 106 valence electrons. The van der Waals surface area contributed by atoms with Crippen molar-refractivity contribution in [3.63, 3.8) is 0 Å². The highest BCUT2D eigenvalue weighted by Gasteiger charge is 2.34. The molecule has 1 atom stereocenters. The van der Waals surface area contributed by atoms with Gasteiger partial charge in [0.1, 0.15) is 0 Å². The molecule has 1 fully saturated rings. The Labute approximate surface area is 122 Å². The predicted molar refractivity (Wildman–Crippen MR) is 80.3 cm³/mol. The van der Waals surface area contributed by atoms with Crippen LogP contribution in [-0.4, -0.2) is 35.8 Å². The van der Waals surface area contributed by atoms with Gasteiger partial charge in [0, 0.05) is 29.1 Å². The van der Waals surface area contributed by atoms with Crippen molar-refractivity contribution in [2.75, 3.05) is 13.1 Å². The van der Waals surface area contributed by atoms with E-state index in [0.29, 0.717) is 17.7 Å². The summed E-state index contributed by atoms with van der Waals surface area (Å²) in [5.74, 6) is -0.337. The number of carbonyl (C=O) groups excluding carboxylic acids is 2. The summed E-state index contributed by atoms with van der Waals surface area (Å²) in [5, 5.41) is 5.09. The van der Waals surface area contributed by atoms with Gasteiger partial charge in [-0.2, -0.15) is 0 Å². The Morgan fingerprint density at radius 1 is 1.05 bits per heavy atom. The van der Waals surface area contributed by atoms with Crippen LogP contribution in [-0.2, 0) is 0 Å². The fraction of sp³-hybridized carbons (Fsp3) is 0.294. The third-order valence-electron chi connectivity index (χ3n) is 4.42. The predicted octanol–water partition coefficient (Wildman–Crippen LogP) is 2.19. The van der Waals surface area contributed by atoms with E-state index in [-0.39, 0.29) is 17.9 Å². The number of imide groups is 1. The highest BCUT2D eigenvalue weighted by Crippen LogP contribution is 2.30. The van der Waals surface area contributed by atoms with Gasteiger partial charge in [0.15, 0.2) is 0 Å². The maximum absolute atomic E-state index is 12.7. The minimum Gasteiger partial charge on any atom is -0.312 e. The lowest BCUT2D eigenvalue weighted by Gasteiger charge is -2.29. The van der Waals surface area contributed by atoms with Gasteiger partial charge < -0.3 is 5.32 Å². The lowest BCUT2D eigenvalue weighted by molar-refractivity contribution is 0.0597. The fourth-order valence-electron chi connectivity index (χ4n) is 3.38. The Kier molecular flexibility index (Phi) is 2.79. The van der Waals surface area contributed by atoms with Gasteiger partial charge in [-0.05, 0) is 36.9 Å². The van der Waals surface area contributed by atoms with Crippen LogP contribution in [0.5, 0.6) is 0 Å². The molecule has 0 unspecified atom stereocenters. The fourth-order valence-corrected chi connectivity index (χ4v) is 3.38. The maximum atomic E-state index is 12.7. The van der Waals surface area contributed by atoms with Crippen LogP contribution in [0.3, 0.4) is 0 Å². The van der Waals surface area contributed by atoms with Gasteiger partial charge in [-0.15, -0.1) is 0 Å². The summed E-state index contributed by atoms with van der Waals surface area (Å²) in [6.07, 6.45) is 2.12. The van der Waals surface area contributed by atoms with Gasteiger partial charge in [-0.3, -0.25) is 14.5 Å². The van der Waals surface area contributed by atoms with Crippen molar-refractivity contribution in [1.29, 1.82) is 0 Å². The van der Waals surface area contributed by atoms with Crippen LogP contribution in [0.4, 0.5) is 0 Å². The standard InChI is InChI=1S/C17H16N2O2/c20-16-13-7-1-4-11-5-2-8-14(15(11)13)17(21)19(16)10-12-6-3-9-18-12/h1-2,4-5,7-8,12,18H,3,6,9-10H2/t12-/m0/s1. The van der Waals surface area contributed by atoms with Gasteiger partial charge in [-0.25, -0.2) is 0 Å². The molecular formula is C17H16N2O2. The molecule has 21 heavy (non-hydrogen) atoms. The van der Waals surface area contributed by atoms with Crippen molar-refractivity contribution in [2.45, 2.75) is 18.9 Å². The summed E-state index contributed by atoms with van der Waals surface area (Å²) < 4.78 is 0. The smallest absolute Gasteiger partial charge is 0.261 e. The first kappa shape index (κ1) is 12.5. The Hall–Kier alpha value is -2.20. The maximum Gasteiger partial charge on any atom is 0.261 e. The third kappa shape index (κ3) is 1.87. The van der Waals surface area contributed by atoms with E-state index in [4.69, 9.17) is 0 Å². The van der Waals surface area contributed by atoms with Gasteiger partial charge in [0.05, 0.1) is 0 Å². The minimum atomic E-state index is -0.169. The van der Waals surface area contributed by atoms with E-state index in [9.17, 15) is 9.59 Å². The summed E-state index contributed by atoms with van der Waals surface area (Å²) in [4.78, 5) is 26.8. The molecule has 0 radical (unpaired) electrons. The van der Waals surface area contributed by atoms with Crippen molar-refractivity contribution in [3.05, 3.63) is 47.5 Å². The van der Waals surface area contributed by atoms with Crippen molar-refractivity contribution in [3.8, 4) is 0 Å². The molecule has 0 aliphatic carbocycles. The lowest BCUT2D eigenvalue weighted by Crippen LogP contribution is -2.46. The largest absolute Gasteiger partial charge is 0.312 e. The van der Waals surface area contributed by atoms with Crippen LogP contribution in [0.2, 0.25) is 0 Å². The van der Waals surface area contributed by atoms with Crippen LogP contribution >= 0.6 is 0 Å². The minimum absolute atomic E-state index is 0.169. The quantitative estimate of drug-likeness (QED) is 0.858. The van der Waals surface area contributed by atoms with E-state index in [1.54, 1.807) is 0 Å². The van der Waals surface area contributed by atoms with Crippen LogP contribution in [0.15, 0.2) is 36.4 Å². The number of hydrogen-bond donors (Lipinski definition) is 1. The molecule has 0 spiro atoms. The van der Waals surface area contributed by atoms with E-state index in [0.717, 1.165) is 30.2 Å². The number of rotatable bonds is 2. The monoisotopic (exact) mass is 280 g/mol. The molecule has 4 nitrogen and oxygen atoms in total. The second kappa shape index (κ2) is 4.67. The molecule has 2 aliphatic heterocycles. The highest BCUT2D eigenvalue weighted by molar-refractivity contribution is 6.25. The van der Waals surface area contributed by atoms with Crippen LogP contribution in [0.25, 0.3) is 10.8 Å². The lowest BCUT2D eigenvalue weighted by atomic mass is 9.94. The second-order valence-corrected chi connectivity index (χ2v) is 5.72. The topological polar surface area (TPSA) is 49.4 Å². The molecule has 4 rings (SSSR count). The van der Waals surface area contributed by atoms with Crippen LogP contribution in [0.1, 0.15) is 33.6 Å². The van der Waals surface area contributed by atoms with Crippen molar-refractivity contribution in [1.82, 2.24) is 10.2 Å².